The summed E-state index contributed by atoms with van der Waals surface area (Å²) < 4.78 is 35.9. The maximum atomic E-state index is 13.4. The molecule has 6 rings (SSSR count). The maximum Gasteiger partial charge on any atom is 0.261 e. The first-order valence-electron chi connectivity index (χ1n) is 12.4. The van der Waals surface area contributed by atoms with E-state index in [2.05, 4.69) is 16.4 Å². The van der Waals surface area contributed by atoms with Gasteiger partial charge < -0.3 is 15.0 Å². The van der Waals surface area contributed by atoms with Crippen LogP contribution in [0.5, 0.6) is 0 Å². The predicted molar refractivity (Wildman–Crippen MR) is 133 cm³/mol. The Bertz CT molecular complexity index is 1490. The number of rotatable bonds is 7. The highest BCUT2D eigenvalue weighted by molar-refractivity contribution is 7.89. The molecule has 0 amide bonds. The van der Waals surface area contributed by atoms with Crippen LogP contribution >= 0.6 is 0 Å². The van der Waals surface area contributed by atoms with Crippen molar-refractivity contribution in [1.29, 1.82) is 5.26 Å². The number of nitrogens with zero attached hydrogens (tertiary/aromatic N) is 4. The molecule has 1 aromatic carbocycles. The van der Waals surface area contributed by atoms with E-state index < -0.39 is 10.0 Å². The number of nitrogens with one attached hydrogen (secondary N) is 2. The van der Waals surface area contributed by atoms with Gasteiger partial charge in [-0.25, -0.2) is 8.42 Å². The van der Waals surface area contributed by atoms with Gasteiger partial charge >= 0.3 is 0 Å². The molecule has 3 atom stereocenters. The van der Waals surface area contributed by atoms with Crippen LogP contribution in [0.1, 0.15) is 44.6 Å². The molecule has 188 valence electrons. The van der Waals surface area contributed by atoms with Crippen molar-refractivity contribution in [2.45, 2.75) is 61.6 Å². The molecule has 0 spiro atoms. The van der Waals surface area contributed by atoms with E-state index in [0.29, 0.717) is 47.9 Å². The highest BCUT2D eigenvalue weighted by atomic mass is 32.2. The van der Waals surface area contributed by atoms with E-state index >= 15 is 0 Å². The van der Waals surface area contributed by atoms with Crippen molar-refractivity contribution in [2.24, 2.45) is 5.92 Å². The van der Waals surface area contributed by atoms with Crippen LogP contribution in [-0.4, -0.2) is 52.8 Å². The predicted octanol–water partition coefficient (Wildman–Crippen LogP) is 3.27. The van der Waals surface area contributed by atoms with Crippen molar-refractivity contribution >= 4 is 32.4 Å². The van der Waals surface area contributed by atoms with Crippen LogP contribution in [-0.2, 0) is 14.8 Å². The first-order valence-corrected chi connectivity index (χ1v) is 13.9. The highest BCUT2D eigenvalue weighted by Crippen LogP contribution is 2.43. The lowest BCUT2D eigenvalue weighted by molar-refractivity contribution is -0.0241. The molecular formula is C25H28N6O4S. The van der Waals surface area contributed by atoms with E-state index in [1.54, 1.807) is 45.5 Å². The quantitative estimate of drug-likeness (QED) is 0.500. The average Bonchev–Trinajstić information content (AvgIpc) is 3.49. The summed E-state index contributed by atoms with van der Waals surface area (Å²) in [6.45, 7) is 0.776. The van der Waals surface area contributed by atoms with Gasteiger partial charge in [0.25, 0.3) is 5.56 Å². The molecule has 11 heteroatoms. The number of hydrogen-bond acceptors (Lipinski definition) is 7. The molecule has 1 aliphatic heterocycles. The minimum Gasteiger partial charge on any atom is -0.375 e. The molecule has 3 fully saturated rings. The zero-order valence-electron chi connectivity index (χ0n) is 19.8. The minimum absolute atomic E-state index is 0.0172. The topological polar surface area (TPSA) is 133 Å². The van der Waals surface area contributed by atoms with Gasteiger partial charge in [-0.15, -0.1) is 0 Å². The summed E-state index contributed by atoms with van der Waals surface area (Å²) in [7, 11) is -3.64. The zero-order valence-corrected chi connectivity index (χ0v) is 20.6. The van der Waals surface area contributed by atoms with Crippen molar-refractivity contribution in [3.8, 4) is 6.07 Å². The maximum absolute atomic E-state index is 13.4. The molecule has 3 aromatic rings. The van der Waals surface area contributed by atoms with Crippen molar-refractivity contribution in [3.05, 3.63) is 46.9 Å². The van der Waals surface area contributed by atoms with Crippen molar-refractivity contribution in [1.82, 2.24) is 19.1 Å². The fourth-order valence-corrected chi connectivity index (χ4v) is 7.30. The summed E-state index contributed by atoms with van der Waals surface area (Å²) in [6, 6.07) is 10.4. The SMILES string of the molecule is N#CC[C@@H](C1CC1)n1nc(Nc2ccc(S(=O)(=O)N3CCO[C@@H]4CCC[C@H]43)cc2)c2c(=O)[nH]ccc21. The third kappa shape index (κ3) is 3.99. The Labute approximate surface area is 208 Å². The van der Waals surface area contributed by atoms with Crippen LogP contribution in [0.2, 0.25) is 0 Å². The summed E-state index contributed by atoms with van der Waals surface area (Å²) >= 11 is 0. The molecule has 1 saturated heterocycles. The first-order chi connectivity index (χ1) is 17.5. The highest BCUT2D eigenvalue weighted by Gasteiger charge is 2.42. The van der Waals surface area contributed by atoms with E-state index in [9.17, 15) is 18.5 Å². The fraction of sp³-hybridized carbons (Fsp3) is 0.480. The molecule has 0 unspecified atom stereocenters. The van der Waals surface area contributed by atoms with Gasteiger partial charge in [-0.05, 0) is 68.4 Å². The van der Waals surface area contributed by atoms with Crippen molar-refractivity contribution in [3.63, 3.8) is 0 Å². The van der Waals surface area contributed by atoms with Gasteiger partial charge in [0.1, 0.15) is 5.39 Å². The molecule has 2 N–H and O–H groups in total. The fourth-order valence-electron chi connectivity index (χ4n) is 5.64. The number of fused-ring (bicyclic) bond motifs is 2. The molecule has 0 bridgehead atoms. The Morgan fingerprint density at radius 1 is 1.19 bits per heavy atom. The molecule has 10 nitrogen and oxygen atoms in total. The van der Waals surface area contributed by atoms with Crippen LogP contribution in [0.3, 0.4) is 0 Å². The third-order valence-electron chi connectivity index (χ3n) is 7.57. The molecule has 36 heavy (non-hydrogen) atoms. The largest absolute Gasteiger partial charge is 0.375 e. The lowest BCUT2D eigenvalue weighted by atomic mass is 10.1. The van der Waals surface area contributed by atoms with E-state index in [0.717, 1.165) is 32.1 Å². The summed E-state index contributed by atoms with van der Waals surface area (Å²) in [6.07, 6.45) is 6.67. The van der Waals surface area contributed by atoms with E-state index in [4.69, 9.17) is 9.84 Å². The molecule has 2 saturated carbocycles. The third-order valence-corrected chi connectivity index (χ3v) is 9.50. The Kier molecular flexibility index (Phi) is 5.82. The number of benzene rings is 1. The number of sulfonamides is 1. The van der Waals surface area contributed by atoms with E-state index in [-0.39, 0.29) is 28.6 Å². The summed E-state index contributed by atoms with van der Waals surface area (Å²) in [4.78, 5) is 15.6. The zero-order chi connectivity index (χ0) is 24.9. The molecular weight excluding hydrogens is 480 g/mol. The molecule has 3 aliphatic rings. The number of aromatic amines is 1. The standard InChI is InChI=1S/C25H28N6O4S/c26-12-10-19(16-4-5-16)31-21-11-13-27-25(32)23(21)24(29-31)28-17-6-8-18(9-7-17)36(33,34)30-14-15-35-22-3-1-2-20(22)30/h6-9,11,13,16,19-20,22H,1-5,10,14-15H2,(H,27,32)(H,28,29)/t19-,20+,22+/m0/s1. The number of H-pyrrole nitrogens is 1. The number of ether oxygens (including phenoxy) is 1. The number of anilines is 2. The number of morpholine rings is 1. The second kappa shape index (κ2) is 9.03. The van der Waals surface area contributed by atoms with E-state index in [1.165, 1.54) is 0 Å². The van der Waals surface area contributed by atoms with Crippen molar-refractivity contribution in [2.75, 3.05) is 18.5 Å². The number of aromatic nitrogens is 3. The van der Waals surface area contributed by atoms with Gasteiger partial charge in [0.15, 0.2) is 5.82 Å². The van der Waals surface area contributed by atoms with Gasteiger partial charge in [-0.3, -0.25) is 9.48 Å². The lowest BCUT2D eigenvalue weighted by Crippen LogP contribution is -2.51. The van der Waals surface area contributed by atoms with Crippen LogP contribution in [0.15, 0.2) is 46.2 Å². The molecule has 3 heterocycles. The van der Waals surface area contributed by atoms with Crippen molar-refractivity contribution < 1.29 is 13.2 Å². The van der Waals surface area contributed by atoms with Crippen LogP contribution in [0, 0.1) is 17.2 Å². The number of hydrogen-bond donors (Lipinski definition) is 2. The van der Waals surface area contributed by atoms with E-state index in [1.807, 2.05) is 0 Å². The average molecular weight is 509 g/mol. The number of nitriles is 1. The summed E-state index contributed by atoms with van der Waals surface area (Å²) in [5, 5.41) is 17.7. The van der Waals surface area contributed by atoms with Crippen LogP contribution in [0.25, 0.3) is 10.9 Å². The Morgan fingerprint density at radius 3 is 2.75 bits per heavy atom. The van der Waals surface area contributed by atoms with Gasteiger partial charge in [-0.1, -0.05) is 0 Å². The Balaban J connectivity index is 1.29. The Hall–Kier alpha value is -3.20. The van der Waals surface area contributed by atoms with Gasteiger partial charge in [0.2, 0.25) is 10.0 Å². The molecule has 2 aromatic heterocycles. The second-order valence-corrected chi connectivity index (χ2v) is 11.7. The summed E-state index contributed by atoms with van der Waals surface area (Å²) in [5.41, 5.74) is 1.02. The number of pyridine rings is 1. The Morgan fingerprint density at radius 2 is 2.00 bits per heavy atom. The smallest absolute Gasteiger partial charge is 0.261 e. The first kappa shape index (κ1) is 23.2. The molecule has 0 radical (unpaired) electrons. The minimum atomic E-state index is -3.64. The second-order valence-electron chi connectivity index (χ2n) is 9.80. The lowest BCUT2D eigenvalue weighted by Gasteiger charge is -2.36. The monoisotopic (exact) mass is 508 g/mol. The van der Waals surface area contributed by atoms with Gasteiger partial charge in [-0.2, -0.15) is 14.7 Å². The van der Waals surface area contributed by atoms with Gasteiger partial charge in [0.05, 0.1) is 47.7 Å². The van der Waals surface area contributed by atoms with Crippen LogP contribution < -0.4 is 10.9 Å². The van der Waals surface area contributed by atoms with Crippen LogP contribution in [0.4, 0.5) is 11.5 Å². The summed E-state index contributed by atoms with van der Waals surface area (Å²) in [5.74, 6) is 0.761. The normalized spacial score (nSPS) is 23.3. The van der Waals surface area contributed by atoms with Gasteiger partial charge in [0, 0.05) is 18.4 Å². The molecule has 2 aliphatic carbocycles.